The van der Waals surface area contributed by atoms with Crippen molar-refractivity contribution in [1.82, 2.24) is 31.5 Å². The number of benzene rings is 1. The van der Waals surface area contributed by atoms with E-state index in [0.29, 0.717) is 19.4 Å². The number of hydrogen-bond donors (Lipinski definition) is 5. The molecule has 3 rings (SSSR count). The maximum Gasteiger partial charge on any atom is 0.407 e. The number of nitrogens with one attached hydrogen (secondary N) is 5. The molecule has 13 heteroatoms. The maximum atomic E-state index is 14.7. The Morgan fingerprint density at radius 1 is 1.04 bits per heavy atom. The van der Waals surface area contributed by atoms with Gasteiger partial charge in [-0.15, -0.1) is 18.9 Å². The quantitative estimate of drug-likeness (QED) is 0.106. The number of urea groups is 1. The molecular weight excluding hydrogens is 652 g/mol. The lowest BCUT2D eigenvalue weighted by atomic mass is 9.87. The summed E-state index contributed by atoms with van der Waals surface area (Å²) in [5.74, 6) is -0.999. The van der Waals surface area contributed by atoms with Crippen LogP contribution >= 0.6 is 0 Å². The van der Waals surface area contributed by atoms with Gasteiger partial charge in [-0.2, -0.15) is 0 Å². The van der Waals surface area contributed by atoms with Crippen LogP contribution in [-0.2, 0) is 36.8 Å². The zero-order valence-corrected chi connectivity index (χ0v) is 30.7. The highest BCUT2D eigenvalue weighted by Gasteiger charge is 2.48. The number of ether oxygens (including phenoxy) is 1. The van der Waals surface area contributed by atoms with Crippen molar-refractivity contribution in [2.24, 2.45) is 23.2 Å². The standard InChI is InChI=1S/C38H54N6O7/c1-9-12-17-28(32(45)34(47)40-18-10-2)41-33(46)31-24(5)23(4)21-44(31)35(48)30(27-19-25-15-13-14-16-26(25)20-27)43-36(49)42-29(38(6,7)8)22-51-37(50)39-11-3/h1,10,13-16,23-24,27-31H,2,11-12,17-22H2,3-8H3,(H,39,50)(H,40,47)(H,41,46)(H2,42,43,49)/t23-,24-,28?,29+,30?,31?/m0/s1. The largest absolute Gasteiger partial charge is 0.447 e. The van der Waals surface area contributed by atoms with Gasteiger partial charge >= 0.3 is 12.1 Å². The summed E-state index contributed by atoms with van der Waals surface area (Å²) in [6.07, 6.45) is 7.52. The van der Waals surface area contributed by atoms with E-state index in [1.165, 1.54) is 11.0 Å². The first-order valence-corrected chi connectivity index (χ1v) is 17.6. The van der Waals surface area contributed by atoms with E-state index >= 15 is 0 Å². The fraction of sp³-hybridized carbons (Fsp3) is 0.579. The minimum Gasteiger partial charge on any atom is -0.447 e. The third-order valence-electron chi connectivity index (χ3n) is 9.77. The number of Topliss-reactive ketones (excluding diaryl/α,β-unsaturated/α-hetero) is 1. The molecule has 5 N–H and O–H groups in total. The SMILES string of the molecule is C#CCCC(NC(=O)C1[C@@H](C)[C@@H](C)CN1C(=O)C(NC(=O)N[C@H](COC(=O)NCC)C(C)(C)C)C1Cc2ccccc2C1)C(=O)C(=O)NCC=C. The van der Waals surface area contributed by atoms with E-state index in [1.807, 2.05) is 58.9 Å². The summed E-state index contributed by atoms with van der Waals surface area (Å²) in [7, 11) is 0. The van der Waals surface area contributed by atoms with Crippen molar-refractivity contribution in [1.29, 1.82) is 0 Å². The van der Waals surface area contributed by atoms with Gasteiger partial charge in [0, 0.05) is 26.1 Å². The number of hydrogen-bond acceptors (Lipinski definition) is 7. The van der Waals surface area contributed by atoms with Crippen LogP contribution in [0.3, 0.4) is 0 Å². The van der Waals surface area contributed by atoms with Gasteiger partial charge in [-0.25, -0.2) is 9.59 Å². The molecular formula is C38H54N6O7. The zero-order valence-electron chi connectivity index (χ0n) is 30.7. The summed E-state index contributed by atoms with van der Waals surface area (Å²) in [5, 5.41) is 13.6. The van der Waals surface area contributed by atoms with Gasteiger partial charge in [0.1, 0.15) is 18.7 Å². The van der Waals surface area contributed by atoms with Crippen molar-refractivity contribution < 1.29 is 33.5 Å². The molecule has 2 aliphatic rings. The van der Waals surface area contributed by atoms with E-state index in [-0.39, 0.29) is 50.3 Å². The molecule has 3 unspecified atom stereocenters. The lowest BCUT2D eigenvalue weighted by molar-refractivity contribution is -0.143. The van der Waals surface area contributed by atoms with Crippen LogP contribution in [0.4, 0.5) is 9.59 Å². The van der Waals surface area contributed by atoms with E-state index < -0.39 is 65.2 Å². The van der Waals surface area contributed by atoms with Crippen LogP contribution in [0.15, 0.2) is 36.9 Å². The van der Waals surface area contributed by atoms with Crippen LogP contribution in [0.2, 0.25) is 0 Å². The summed E-state index contributed by atoms with van der Waals surface area (Å²) in [4.78, 5) is 81.5. The van der Waals surface area contributed by atoms with Crippen LogP contribution in [0.1, 0.15) is 65.5 Å². The van der Waals surface area contributed by atoms with Crippen LogP contribution in [0.25, 0.3) is 0 Å². The van der Waals surface area contributed by atoms with Crippen LogP contribution in [0, 0.1) is 35.5 Å². The summed E-state index contributed by atoms with van der Waals surface area (Å²) < 4.78 is 5.34. The second kappa shape index (κ2) is 18.4. The highest BCUT2D eigenvalue weighted by Crippen LogP contribution is 2.34. The van der Waals surface area contributed by atoms with Gasteiger partial charge in [0.25, 0.3) is 5.91 Å². The summed E-state index contributed by atoms with van der Waals surface area (Å²) in [6.45, 7) is 15.4. The second-order valence-corrected chi connectivity index (χ2v) is 14.5. The lowest BCUT2D eigenvalue weighted by Crippen LogP contribution is -2.61. The first-order valence-electron chi connectivity index (χ1n) is 17.6. The molecule has 6 atom stereocenters. The first-order chi connectivity index (χ1) is 24.1. The monoisotopic (exact) mass is 706 g/mol. The van der Waals surface area contributed by atoms with E-state index in [0.717, 1.165) is 11.1 Å². The predicted molar refractivity (Wildman–Crippen MR) is 193 cm³/mol. The molecule has 1 heterocycles. The average molecular weight is 707 g/mol. The van der Waals surface area contributed by atoms with Gasteiger partial charge in [-0.3, -0.25) is 19.2 Å². The number of carbonyl (C=O) groups excluding carboxylic acids is 6. The second-order valence-electron chi connectivity index (χ2n) is 14.5. The summed E-state index contributed by atoms with van der Waals surface area (Å²) >= 11 is 0. The number of nitrogens with zero attached hydrogens (tertiary/aromatic N) is 1. The van der Waals surface area contributed by atoms with E-state index in [2.05, 4.69) is 39.1 Å². The zero-order chi connectivity index (χ0) is 37.9. The number of likely N-dealkylation sites (tertiary alicyclic amines) is 1. The minimum atomic E-state index is -1.20. The number of alkyl carbamates (subject to hydrolysis) is 1. The topological polar surface area (TPSA) is 175 Å². The molecule has 0 bridgehead atoms. The number of amides is 6. The van der Waals surface area contributed by atoms with Crippen LogP contribution in [0.5, 0.6) is 0 Å². The van der Waals surface area contributed by atoms with Crippen molar-refractivity contribution in [3.63, 3.8) is 0 Å². The number of rotatable bonds is 15. The van der Waals surface area contributed by atoms with E-state index in [4.69, 9.17) is 11.2 Å². The fourth-order valence-electron chi connectivity index (χ4n) is 6.55. The Kier molecular flexibility index (Phi) is 14.6. The van der Waals surface area contributed by atoms with E-state index in [1.54, 1.807) is 6.92 Å². The Morgan fingerprint density at radius 2 is 1.69 bits per heavy atom. The number of terminal acetylenes is 1. The molecule has 0 saturated carbocycles. The van der Waals surface area contributed by atoms with Crippen LogP contribution in [-0.4, -0.2) is 90.9 Å². The molecule has 0 radical (unpaired) electrons. The third kappa shape index (κ3) is 10.8. The smallest absolute Gasteiger partial charge is 0.407 e. The van der Waals surface area contributed by atoms with Gasteiger partial charge in [0.15, 0.2) is 0 Å². The van der Waals surface area contributed by atoms with Gasteiger partial charge in [0.2, 0.25) is 17.6 Å². The Bertz CT molecular complexity index is 1470. The van der Waals surface area contributed by atoms with Crippen molar-refractivity contribution in [2.45, 2.75) is 91.4 Å². The van der Waals surface area contributed by atoms with Crippen molar-refractivity contribution in [3.05, 3.63) is 48.0 Å². The number of ketones is 1. The highest BCUT2D eigenvalue weighted by atomic mass is 16.5. The molecule has 13 nitrogen and oxygen atoms in total. The van der Waals surface area contributed by atoms with Gasteiger partial charge in [0.05, 0.1) is 12.1 Å². The Hall–Kier alpha value is -4.86. The van der Waals surface area contributed by atoms with Crippen molar-refractivity contribution in [2.75, 3.05) is 26.2 Å². The normalized spacial score (nSPS) is 20.1. The molecule has 1 aromatic rings. The van der Waals surface area contributed by atoms with E-state index in [9.17, 15) is 28.8 Å². The number of fused-ring (bicyclic) bond motifs is 1. The average Bonchev–Trinajstić information content (AvgIpc) is 3.65. The minimum absolute atomic E-state index is 0.0383. The number of carbonyl (C=O) groups is 6. The molecule has 1 aliphatic heterocycles. The fourth-order valence-corrected chi connectivity index (χ4v) is 6.55. The molecule has 1 fully saturated rings. The van der Waals surface area contributed by atoms with Crippen LogP contribution < -0.4 is 26.6 Å². The molecule has 278 valence electrons. The highest BCUT2D eigenvalue weighted by molar-refractivity contribution is 6.38. The molecule has 1 saturated heterocycles. The van der Waals surface area contributed by atoms with Gasteiger partial charge in [-0.1, -0.05) is 65.0 Å². The predicted octanol–water partition coefficient (Wildman–Crippen LogP) is 2.48. The van der Waals surface area contributed by atoms with Crippen molar-refractivity contribution >= 4 is 35.6 Å². The molecule has 1 aromatic carbocycles. The van der Waals surface area contributed by atoms with Gasteiger partial charge in [-0.05, 0) is 60.5 Å². The molecule has 0 aromatic heterocycles. The molecule has 6 amide bonds. The Morgan fingerprint density at radius 3 is 2.25 bits per heavy atom. The Labute approximate surface area is 301 Å². The maximum absolute atomic E-state index is 14.7. The Balaban J connectivity index is 1.89. The van der Waals surface area contributed by atoms with Crippen molar-refractivity contribution in [3.8, 4) is 12.3 Å². The van der Waals surface area contributed by atoms with Gasteiger partial charge < -0.3 is 36.2 Å². The first kappa shape index (κ1) is 40.6. The summed E-state index contributed by atoms with van der Waals surface area (Å²) in [5.41, 5.74) is 1.64. The lowest BCUT2D eigenvalue weighted by Gasteiger charge is -2.35. The third-order valence-corrected chi connectivity index (χ3v) is 9.77. The molecule has 51 heavy (non-hydrogen) atoms. The molecule has 1 aliphatic carbocycles. The summed E-state index contributed by atoms with van der Waals surface area (Å²) in [6, 6.07) is 3.46. The molecule has 0 spiro atoms.